The fourth-order valence-corrected chi connectivity index (χ4v) is 2.72. The van der Waals surface area contributed by atoms with Crippen molar-refractivity contribution >= 4 is 23.9 Å². The van der Waals surface area contributed by atoms with Crippen LogP contribution in [0.25, 0.3) is 5.69 Å². The number of aromatic nitrogens is 2. The number of para-hydroxylation sites is 1. The number of hydrogen-bond donors (Lipinski definition) is 5. The molecule has 13 nitrogen and oxygen atoms in total. The lowest BCUT2D eigenvalue weighted by Crippen LogP contribution is -2.26. The van der Waals surface area contributed by atoms with Crippen LogP contribution in [0.4, 0.5) is 4.39 Å². The van der Waals surface area contributed by atoms with E-state index in [1.807, 2.05) is 51.4 Å². The number of likely N-dealkylation sites (N-methyl/N-ethyl adjacent to an activating group) is 1. The highest BCUT2D eigenvalue weighted by atomic mass is 19.1. The molecule has 0 aliphatic heterocycles. The van der Waals surface area contributed by atoms with Crippen LogP contribution in [0.2, 0.25) is 0 Å². The number of halogens is 1. The van der Waals surface area contributed by atoms with Crippen molar-refractivity contribution in [2.75, 3.05) is 27.2 Å². The molecule has 0 saturated carbocycles. The Kier molecular flexibility index (Phi) is 13.3. The number of carboxylic acids is 4. The van der Waals surface area contributed by atoms with Gasteiger partial charge in [-0.1, -0.05) is 18.2 Å². The van der Waals surface area contributed by atoms with E-state index in [0.717, 1.165) is 30.0 Å². The maximum absolute atomic E-state index is 13.2. The highest BCUT2D eigenvalue weighted by Crippen LogP contribution is 2.30. The van der Waals surface area contributed by atoms with Crippen molar-refractivity contribution in [1.82, 2.24) is 20.0 Å². The number of aryl methyl sites for hydroxylation is 1. The molecule has 0 aliphatic rings. The molecule has 3 rings (SSSR count). The Bertz CT molecular complexity index is 1200. The summed E-state index contributed by atoms with van der Waals surface area (Å²) in [5.41, 5.74) is 2.80. The monoisotopic (exact) mass is 548 g/mol. The Morgan fingerprint density at radius 2 is 1.41 bits per heavy atom. The van der Waals surface area contributed by atoms with Crippen LogP contribution in [0, 0.1) is 12.7 Å². The van der Waals surface area contributed by atoms with Gasteiger partial charge >= 0.3 is 23.9 Å². The van der Waals surface area contributed by atoms with Crippen LogP contribution in [0.3, 0.4) is 0 Å². The summed E-state index contributed by atoms with van der Waals surface area (Å²) < 4.78 is 21.2. The van der Waals surface area contributed by atoms with E-state index in [1.54, 1.807) is 16.8 Å². The van der Waals surface area contributed by atoms with Crippen molar-refractivity contribution < 1.29 is 48.7 Å². The minimum absolute atomic E-state index is 0.291. The fourth-order valence-electron chi connectivity index (χ4n) is 2.72. The molecule has 0 amide bonds. The summed E-state index contributed by atoms with van der Waals surface area (Å²) in [6.07, 6.45) is 0. The van der Waals surface area contributed by atoms with E-state index in [4.69, 9.17) is 44.3 Å². The van der Waals surface area contributed by atoms with E-state index in [-0.39, 0.29) is 5.82 Å². The van der Waals surface area contributed by atoms with Crippen molar-refractivity contribution in [3.63, 3.8) is 0 Å². The molecule has 14 heteroatoms. The normalized spacial score (nSPS) is 9.97. The van der Waals surface area contributed by atoms with Gasteiger partial charge < -0.3 is 35.4 Å². The molecule has 3 aromatic rings. The topological polar surface area (TPSA) is 192 Å². The summed E-state index contributed by atoms with van der Waals surface area (Å²) in [6, 6.07) is 15.9. The van der Waals surface area contributed by atoms with Crippen LogP contribution in [0.15, 0.2) is 54.6 Å². The predicted octanol–water partition coefficient (Wildman–Crippen LogP) is 2.07. The second kappa shape index (κ2) is 16.1. The van der Waals surface area contributed by atoms with Gasteiger partial charge in [0.2, 0.25) is 5.88 Å². The highest BCUT2D eigenvalue weighted by Gasteiger charge is 2.18. The van der Waals surface area contributed by atoms with Gasteiger partial charge in [-0.3, -0.25) is 0 Å². The molecular weight excluding hydrogens is 519 g/mol. The van der Waals surface area contributed by atoms with E-state index < -0.39 is 23.9 Å². The predicted molar refractivity (Wildman–Crippen MR) is 136 cm³/mol. The number of rotatable bonds is 8. The summed E-state index contributed by atoms with van der Waals surface area (Å²) in [5.74, 6) is -6.37. The first-order valence-corrected chi connectivity index (χ1v) is 11.2. The van der Waals surface area contributed by atoms with Gasteiger partial charge in [-0.2, -0.15) is 5.10 Å². The van der Waals surface area contributed by atoms with E-state index in [2.05, 4.69) is 15.3 Å². The first-order chi connectivity index (χ1) is 18.3. The van der Waals surface area contributed by atoms with Gasteiger partial charge in [-0.15, -0.1) is 0 Å². The van der Waals surface area contributed by atoms with Crippen molar-refractivity contribution in [3.8, 4) is 17.3 Å². The fraction of sp³-hybridized carbons (Fsp3) is 0.240. The molecule has 210 valence electrons. The van der Waals surface area contributed by atoms with Gasteiger partial charge in [0, 0.05) is 19.6 Å². The van der Waals surface area contributed by atoms with E-state index in [9.17, 15) is 4.39 Å². The summed E-state index contributed by atoms with van der Waals surface area (Å²) in [5, 5.41) is 37.7. The lowest BCUT2D eigenvalue weighted by molar-refractivity contribution is -0.159. The van der Waals surface area contributed by atoms with E-state index in [0.29, 0.717) is 18.2 Å². The molecule has 0 atom stereocenters. The largest absolute Gasteiger partial charge is 0.473 e. The molecular formula is C25H29FN4O9. The average molecular weight is 549 g/mol. The first-order valence-electron chi connectivity index (χ1n) is 11.2. The van der Waals surface area contributed by atoms with Crippen molar-refractivity contribution in [2.24, 2.45) is 0 Å². The summed E-state index contributed by atoms with van der Waals surface area (Å²) in [7, 11) is 4.09. The van der Waals surface area contributed by atoms with Crippen LogP contribution in [-0.4, -0.2) is 86.2 Å². The zero-order chi connectivity index (χ0) is 29.5. The second-order valence-corrected chi connectivity index (χ2v) is 7.87. The smallest absolute Gasteiger partial charge is 0.414 e. The summed E-state index contributed by atoms with van der Waals surface area (Å²) in [4.78, 5) is 38.5. The van der Waals surface area contributed by atoms with Gasteiger partial charge in [-0.05, 0) is 57.4 Å². The third-order valence-electron chi connectivity index (χ3n) is 4.57. The van der Waals surface area contributed by atoms with Crippen LogP contribution in [0.5, 0.6) is 11.6 Å². The molecule has 1 heterocycles. The molecule has 5 N–H and O–H groups in total. The molecule has 0 spiro atoms. The van der Waals surface area contributed by atoms with Gasteiger partial charge in [-0.25, -0.2) is 28.3 Å². The highest BCUT2D eigenvalue weighted by molar-refractivity contribution is 6.27. The van der Waals surface area contributed by atoms with Crippen molar-refractivity contribution in [1.29, 1.82) is 0 Å². The van der Waals surface area contributed by atoms with Crippen LogP contribution in [0.1, 0.15) is 11.3 Å². The number of nitrogens with one attached hydrogen (secondary N) is 1. The molecule has 0 unspecified atom stereocenters. The van der Waals surface area contributed by atoms with Crippen LogP contribution >= 0.6 is 0 Å². The molecule has 2 aromatic carbocycles. The molecule has 1 aromatic heterocycles. The van der Waals surface area contributed by atoms with Crippen molar-refractivity contribution in [3.05, 3.63) is 71.7 Å². The number of aliphatic carboxylic acids is 4. The van der Waals surface area contributed by atoms with Gasteiger partial charge in [0.1, 0.15) is 11.6 Å². The summed E-state index contributed by atoms with van der Waals surface area (Å²) in [6.45, 7) is 4.42. The first kappa shape index (κ1) is 32.2. The van der Waals surface area contributed by atoms with Gasteiger partial charge in [0.25, 0.3) is 0 Å². The average Bonchev–Trinajstić information content (AvgIpc) is 3.19. The Morgan fingerprint density at radius 1 is 0.897 bits per heavy atom. The second-order valence-electron chi connectivity index (χ2n) is 7.87. The number of nitrogens with zero attached hydrogens (tertiary/aromatic N) is 3. The van der Waals surface area contributed by atoms with E-state index >= 15 is 0 Å². The van der Waals surface area contributed by atoms with E-state index in [1.165, 1.54) is 12.1 Å². The van der Waals surface area contributed by atoms with Crippen LogP contribution in [-0.2, 0) is 25.7 Å². The standard InChI is InChI=1S/C21H25FN4O.2C2H2O4/c1-16-20(15-23-13-14-25(2)3)21(27-19-11-9-17(22)10-12-19)26(24-16)18-7-5-4-6-8-18;2*3-1(4)2(5)6/h4-12,23H,13-15H2,1-3H3;2*(H,3,4)(H,5,6). The minimum atomic E-state index is -1.82. The van der Waals surface area contributed by atoms with Gasteiger partial charge in [0.15, 0.2) is 0 Å². The quantitative estimate of drug-likeness (QED) is 0.204. The maximum atomic E-state index is 13.2. The Hall–Kier alpha value is -4.82. The third kappa shape index (κ3) is 11.8. The number of carboxylic acid groups (broad SMARTS) is 4. The maximum Gasteiger partial charge on any atom is 0.414 e. The molecule has 0 aliphatic carbocycles. The Balaban J connectivity index is 0.000000530. The molecule has 0 saturated heterocycles. The SMILES string of the molecule is Cc1nn(-c2ccccc2)c(Oc2ccc(F)cc2)c1CNCCN(C)C.O=C(O)C(=O)O.O=C(O)C(=O)O. The number of ether oxygens (including phenoxy) is 1. The lowest BCUT2D eigenvalue weighted by Gasteiger charge is -2.13. The molecule has 39 heavy (non-hydrogen) atoms. The third-order valence-corrected chi connectivity index (χ3v) is 4.57. The number of benzene rings is 2. The lowest BCUT2D eigenvalue weighted by atomic mass is 10.2. The molecule has 0 radical (unpaired) electrons. The van der Waals surface area contributed by atoms with Gasteiger partial charge in [0.05, 0.1) is 16.9 Å². The zero-order valence-electron chi connectivity index (χ0n) is 21.4. The number of hydrogen-bond acceptors (Lipinski definition) is 8. The van der Waals surface area contributed by atoms with Crippen LogP contribution < -0.4 is 10.1 Å². The molecule has 0 fully saturated rings. The Labute approximate surface area is 222 Å². The van der Waals surface area contributed by atoms with Crippen molar-refractivity contribution in [2.45, 2.75) is 13.5 Å². The Morgan fingerprint density at radius 3 is 1.87 bits per heavy atom. The summed E-state index contributed by atoms with van der Waals surface area (Å²) >= 11 is 0. The minimum Gasteiger partial charge on any atom is -0.473 e. The zero-order valence-corrected chi connectivity index (χ0v) is 21.4. The molecule has 0 bridgehead atoms. The number of carbonyl (C=O) groups is 4.